The SMILES string of the molecule is C#CCSCCNC1CC(=O)N(C2CCCC2)C1=O. The van der Waals surface area contributed by atoms with E-state index < -0.39 is 0 Å². The van der Waals surface area contributed by atoms with E-state index in [1.54, 1.807) is 11.8 Å². The predicted octanol–water partition coefficient (Wildman–Crippen LogP) is 1.01. The summed E-state index contributed by atoms with van der Waals surface area (Å²) in [5.41, 5.74) is 0. The van der Waals surface area contributed by atoms with Crippen LogP contribution in [0, 0.1) is 12.3 Å². The molecule has 1 unspecified atom stereocenters. The van der Waals surface area contributed by atoms with Crippen molar-refractivity contribution >= 4 is 23.6 Å². The first kappa shape index (κ1) is 14.4. The first-order valence-electron chi connectivity index (χ1n) is 6.84. The highest BCUT2D eigenvalue weighted by Gasteiger charge is 2.42. The van der Waals surface area contributed by atoms with Crippen LogP contribution in [0.2, 0.25) is 0 Å². The first-order valence-corrected chi connectivity index (χ1v) is 8.00. The van der Waals surface area contributed by atoms with Gasteiger partial charge >= 0.3 is 0 Å². The summed E-state index contributed by atoms with van der Waals surface area (Å²) in [7, 11) is 0. The van der Waals surface area contributed by atoms with E-state index in [4.69, 9.17) is 6.42 Å². The number of thioether (sulfide) groups is 1. The third kappa shape index (κ3) is 3.52. The third-order valence-electron chi connectivity index (χ3n) is 3.70. The fraction of sp³-hybridized carbons (Fsp3) is 0.714. The Bertz CT molecular complexity index is 385. The van der Waals surface area contributed by atoms with Crippen molar-refractivity contribution in [1.29, 1.82) is 0 Å². The number of carbonyl (C=O) groups is 2. The van der Waals surface area contributed by atoms with Gasteiger partial charge < -0.3 is 5.32 Å². The Morgan fingerprint density at radius 2 is 2.11 bits per heavy atom. The van der Waals surface area contributed by atoms with Gasteiger partial charge in [0.15, 0.2) is 0 Å². The van der Waals surface area contributed by atoms with Crippen molar-refractivity contribution in [3.05, 3.63) is 0 Å². The molecule has 2 aliphatic rings. The van der Waals surface area contributed by atoms with E-state index in [0.29, 0.717) is 18.7 Å². The quantitative estimate of drug-likeness (QED) is 0.448. The lowest BCUT2D eigenvalue weighted by atomic mass is 10.2. The molecule has 4 nitrogen and oxygen atoms in total. The van der Waals surface area contributed by atoms with Gasteiger partial charge in [-0.1, -0.05) is 18.8 Å². The van der Waals surface area contributed by atoms with Crippen LogP contribution in [0.25, 0.3) is 0 Å². The average Bonchev–Trinajstić information content (AvgIpc) is 2.98. The van der Waals surface area contributed by atoms with E-state index in [1.807, 2.05) is 0 Å². The molecule has 0 radical (unpaired) electrons. The Balaban J connectivity index is 1.79. The minimum Gasteiger partial charge on any atom is -0.305 e. The summed E-state index contributed by atoms with van der Waals surface area (Å²) in [4.78, 5) is 25.7. The largest absolute Gasteiger partial charge is 0.305 e. The van der Waals surface area contributed by atoms with E-state index in [9.17, 15) is 9.59 Å². The summed E-state index contributed by atoms with van der Waals surface area (Å²) >= 11 is 1.66. The summed E-state index contributed by atoms with van der Waals surface area (Å²) in [5.74, 6) is 4.08. The monoisotopic (exact) mass is 280 g/mol. The van der Waals surface area contributed by atoms with E-state index in [2.05, 4.69) is 11.2 Å². The lowest BCUT2D eigenvalue weighted by Crippen LogP contribution is -2.43. The second kappa shape index (κ2) is 6.97. The van der Waals surface area contributed by atoms with E-state index in [0.717, 1.165) is 31.4 Å². The third-order valence-corrected chi connectivity index (χ3v) is 4.56. The molecule has 1 aliphatic heterocycles. The van der Waals surface area contributed by atoms with E-state index >= 15 is 0 Å². The van der Waals surface area contributed by atoms with Gasteiger partial charge in [0.1, 0.15) is 0 Å². The minimum absolute atomic E-state index is 0.00863. The summed E-state index contributed by atoms with van der Waals surface area (Å²) in [6, 6.07) is -0.165. The number of likely N-dealkylation sites (tertiary alicyclic amines) is 1. The van der Waals surface area contributed by atoms with Crippen molar-refractivity contribution in [2.75, 3.05) is 18.1 Å². The van der Waals surface area contributed by atoms with Crippen LogP contribution in [0.1, 0.15) is 32.1 Å². The molecule has 0 aromatic rings. The van der Waals surface area contributed by atoms with Crippen LogP contribution in [-0.4, -0.2) is 46.8 Å². The molecule has 2 fully saturated rings. The zero-order chi connectivity index (χ0) is 13.7. The standard InChI is InChI=1S/C14H20N2O2S/c1-2-8-19-9-7-15-12-10-13(17)16(14(12)18)11-5-3-4-6-11/h1,11-12,15H,3-10H2. The number of amides is 2. The minimum atomic E-state index is -0.320. The van der Waals surface area contributed by atoms with Crippen LogP contribution in [0.5, 0.6) is 0 Å². The number of imide groups is 1. The number of nitrogens with zero attached hydrogens (tertiary/aromatic N) is 1. The molecule has 19 heavy (non-hydrogen) atoms. The van der Waals surface area contributed by atoms with Crippen molar-refractivity contribution in [3.63, 3.8) is 0 Å². The van der Waals surface area contributed by atoms with Gasteiger partial charge in [-0.15, -0.1) is 18.2 Å². The van der Waals surface area contributed by atoms with Crippen molar-refractivity contribution in [2.45, 2.75) is 44.2 Å². The molecule has 1 saturated carbocycles. The molecule has 2 amide bonds. The maximum Gasteiger partial charge on any atom is 0.247 e. The molecule has 0 aromatic carbocycles. The van der Waals surface area contributed by atoms with Crippen LogP contribution < -0.4 is 5.32 Å². The molecule has 1 atom stereocenters. The second-order valence-electron chi connectivity index (χ2n) is 5.01. The van der Waals surface area contributed by atoms with Gasteiger partial charge in [-0.05, 0) is 12.8 Å². The highest BCUT2D eigenvalue weighted by atomic mass is 32.2. The lowest BCUT2D eigenvalue weighted by Gasteiger charge is -2.22. The zero-order valence-corrected chi connectivity index (χ0v) is 11.9. The van der Waals surface area contributed by atoms with Gasteiger partial charge in [-0.2, -0.15) is 0 Å². The molecular formula is C14H20N2O2S. The van der Waals surface area contributed by atoms with E-state index in [1.165, 1.54) is 4.90 Å². The van der Waals surface area contributed by atoms with Crippen molar-refractivity contribution in [2.24, 2.45) is 0 Å². The molecule has 104 valence electrons. The number of nitrogens with one attached hydrogen (secondary N) is 1. The van der Waals surface area contributed by atoms with E-state index in [-0.39, 0.29) is 23.9 Å². The number of hydrogen-bond donors (Lipinski definition) is 1. The van der Waals surface area contributed by atoms with Gasteiger partial charge in [0.05, 0.1) is 18.2 Å². The maximum absolute atomic E-state index is 12.2. The first-order chi connectivity index (χ1) is 9.24. The Labute approximate surface area is 118 Å². The molecule has 1 N–H and O–H groups in total. The maximum atomic E-state index is 12.2. The van der Waals surface area contributed by atoms with Gasteiger partial charge in [-0.3, -0.25) is 14.5 Å². The van der Waals surface area contributed by atoms with Crippen LogP contribution in [0.15, 0.2) is 0 Å². The highest BCUT2D eigenvalue weighted by Crippen LogP contribution is 2.28. The Kier molecular flexibility index (Phi) is 5.29. The summed E-state index contributed by atoms with van der Waals surface area (Å²) in [6.07, 6.45) is 9.68. The van der Waals surface area contributed by atoms with Crippen molar-refractivity contribution < 1.29 is 9.59 Å². The molecule has 2 rings (SSSR count). The molecule has 0 bridgehead atoms. The van der Waals surface area contributed by atoms with Crippen LogP contribution in [-0.2, 0) is 9.59 Å². The molecule has 5 heteroatoms. The van der Waals surface area contributed by atoms with Gasteiger partial charge in [0.2, 0.25) is 11.8 Å². The molecule has 0 spiro atoms. The van der Waals surface area contributed by atoms with Crippen LogP contribution >= 0.6 is 11.8 Å². The normalized spacial score (nSPS) is 24.2. The second-order valence-corrected chi connectivity index (χ2v) is 6.11. The molecule has 1 saturated heterocycles. The topological polar surface area (TPSA) is 49.4 Å². The summed E-state index contributed by atoms with van der Waals surface area (Å²) < 4.78 is 0. The Hall–Kier alpha value is -0.990. The molecular weight excluding hydrogens is 260 g/mol. The van der Waals surface area contributed by atoms with Crippen molar-refractivity contribution in [1.82, 2.24) is 10.2 Å². The smallest absolute Gasteiger partial charge is 0.247 e. The zero-order valence-electron chi connectivity index (χ0n) is 11.1. The van der Waals surface area contributed by atoms with Crippen molar-refractivity contribution in [3.8, 4) is 12.3 Å². The number of hydrogen-bond acceptors (Lipinski definition) is 4. The highest BCUT2D eigenvalue weighted by molar-refractivity contribution is 7.99. The van der Waals surface area contributed by atoms with Crippen LogP contribution in [0.3, 0.4) is 0 Å². The van der Waals surface area contributed by atoms with Gasteiger partial charge in [0.25, 0.3) is 0 Å². The summed E-state index contributed by atoms with van der Waals surface area (Å²) in [6.45, 7) is 0.717. The summed E-state index contributed by atoms with van der Waals surface area (Å²) in [5, 5.41) is 3.17. The molecule has 1 heterocycles. The van der Waals surface area contributed by atoms with Gasteiger partial charge in [-0.25, -0.2) is 0 Å². The predicted molar refractivity (Wildman–Crippen MR) is 76.7 cm³/mol. The number of carbonyl (C=O) groups excluding carboxylic acids is 2. The molecule has 1 aliphatic carbocycles. The fourth-order valence-corrected chi connectivity index (χ4v) is 3.32. The fourth-order valence-electron chi connectivity index (χ4n) is 2.79. The van der Waals surface area contributed by atoms with Crippen LogP contribution in [0.4, 0.5) is 0 Å². The van der Waals surface area contributed by atoms with Gasteiger partial charge in [0, 0.05) is 18.3 Å². The number of rotatable bonds is 6. The average molecular weight is 280 g/mol. The Morgan fingerprint density at radius 1 is 1.37 bits per heavy atom. The Morgan fingerprint density at radius 3 is 2.79 bits per heavy atom. The number of terminal acetylenes is 1. The molecule has 0 aromatic heterocycles. The lowest BCUT2D eigenvalue weighted by molar-refractivity contribution is -0.141.